The Kier molecular flexibility index (Phi) is 5.24. The fraction of sp³-hybridized carbons (Fsp3) is 0.500. The van der Waals surface area contributed by atoms with Crippen LogP contribution in [-0.4, -0.2) is 12.7 Å². The first-order valence-corrected chi connectivity index (χ1v) is 7.04. The highest BCUT2D eigenvalue weighted by Gasteiger charge is 2.32. The maximum atomic E-state index is 12.7. The molecule has 0 aliphatic heterocycles. The highest BCUT2D eigenvalue weighted by atomic mass is 19.4. The molecule has 0 saturated carbocycles. The monoisotopic (exact) mass is 283 g/mol. The summed E-state index contributed by atoms with van der Waals surface area (Å²) < 4.78 is 38.1. The fourth-order valence-electron chi connectivity index (χ4n) is 2.58. The van der Waals surface area contributed by atoms with Gasteiger partial charge in [-0.3, -0.25) is 0 Å². The molecule has 0 bridgehead atoms. The van der Waals surface area contributed by atoms with E-state index in [-0.39, 0.29) is 0 Å². The largest absolute Gasteiger partial charge is 0.390 e. The van der Waals surface area contributed by atoms with Crippen LogP contribution >= 0.6 is 0 Å². The first-order valence-electron chi connectivity index (χ1n) is 7.04. The van der Waals surface area contributed by atoms with Gasteiger partial charge < -0.3 is 5.32 Å². The van der Waals surface area contributed by atoms with Crippen molar-refractivity contribution < 1.29 is 13.2 Å². The molecule has 2 rings (SSSR count). The van der Waals surface area contributed by atoms with Crippen molar-refractivity contribution in [3.8, 4) is 0 Å². The molecule has 1 aliphatic rings. The van der Waals surface area contributed by atoms with E-state index in [1.807, 2.05) is 6.07 Å². The Balaban J connectivity index is 1.97. The molecule has 20 heavy (non-hydrogen) atoms. The van der Waals surface area contributed by atoms with Gasteiger partial charge in [0.05, 0.1) is 6.42 Å². The molecule has 1 aromatic rings. The van der Waals surface area contributed by atoms with Crippen LogP contribution in [0.1, 0.15) is 37.3 Å². The molecule has 0 heterocycles. The third kappa shape index (κ3) is 5.00. The molecule has 2 atom stereocenters. The predicted octanol–water partition coefficient (Wildman–Crippen LogP) is 4.63. The van der Waals surface area contributed by atoms with Crippen LogP contribution in [0.3, 0.4) is 0 Å². The van der Waals surface area contributed by atoms with Gasteiger partial charge >= 0.3 is 6.18 Å². The molecule has 0 radical (unpaired) electrons. The van der Waals surface area contributed by atoms with Crippen molar-refractivity contribution >= 4 is 0 Å². The first kappa shape index (κ1) is 15.1. The smallest absolute Gasteiger partial charge is 0.309 e. The minimum atomic E-state index is -4.15. The Labute approximate surface area is 117 Å². The molecule has 1 aliphatic carbocycles. The van der Waals surface area contributed by atoms with Gasteiger partial charge in [-0.15, -0.1) is 0 Å². The van der Waals surface area contributed by atoms with Crippen LogP contribution in [-0.2, 0) is 0 Å². The minimum Gasteiger partial charge on any atom is -0.309 e. The number of hydrogen-bond donors (Lipinski definition) is 1. The average Bonchev–Trinajstić information content (AvgIpc) is 2.44. The van der Waals surface area contributed by atoms with Crippen molar-refractivity contribution in [1.29, 1.82) is 0 Å². The lowest BCUT2D eigenvalue weighted by atomic mass is 9.93. The SMILES string of the molecule is FC(F)(F)CC(NCC1CC=CCC1)c1ccccc1. The van der Waals surface area contributed by atoms with Gasteiger partial charge in [0, 0.05) is 6.04 Å². The second-order valence-corrected chi connectivity index (χ2v) is 5.34. The van der Waals surface area contributed by atoms with E-state index in [1.165, 1.54) is 0 Å². The van der Waals surface area contributed by atoms with Crippen LogP contribution in [0.25, 0.3) is 0 Å². The molecule has 0 spiro atoms. The van der Waals surface area contributed by atoms with Crippen LogP contribution in [0.4, 0.5) is 13.2 Å². The van der Waals surface area contributed by atoms with Crippen molar-refractivity contribution in [3.63, 3.8) is 0 Å². The molecular formula is C16H20F3N. The van der Waals surface area contributed by atoms with Crippen molar-refractivity contribution in [2.24, 2.45) is 5.92 Å². The number of hydrogen-bond acceptors (Lipinski definition) is 1. The molecule has 0 aromatic heterocycles. The molecule has 0 amide bonds. The Bertz CT molecular complexity index is 425. The molecule has 4 heteroatoms. The standard InChI is InChI=1S/C16H20F3N/c17-16(18,19)11-15(14-9-5-2-6-10-14)20-12-13-7-3-1-4-8-13/h1-3,5-6,9-10,13,15,20H,4,7-8,11-12H2. The van der Waals surface area contributed by atoms with E-state index in [0.29, 0.717) is 18.0 Å². The lowest BCUT2D eigenvalue weighted by Gasteiger charge is -2.25. The topological polar surface area (TPSA) is 12.0 Å². The lowest BCUT2D eigenvalue weighted by molar-refractivity contribution is -0.140. The van der Waals surface area contributed by atoms with E-state index in [0.717, 1.165) is 19.3 Å². The van der Waals surface area contributed by atoms with E-state index < -0.39 is 18.6 Å². The van der Waals surface area contributed by atoms with E-state index in [9.17, 15) is 13.2 Å². The van der Waals surface area contributed by atoms with Gasteiger partial charge in [-0.25, -0.2) is 0 Å². The molecule has 110 valence electrons. The van der Waals surface area contributed by atoms with Crippen LogP contribution in [0.2, 0.25) is 0 Å². The highest BCUT2D eigenvalue weighted by molar-refractivity contribution is 5.19. The summed E-state index contributed by atoms with van der Waals surface area (Å²) >= 11 is 0. The highest BCUT2D eigenvalue weighted by Crippen LogP contribution is 2.30. The predicted molar refractivity (Wildman–Crippen MR) is 74.3 cm³/mol. The summed E-state index contributed by atoms with van der Waals surface area (Å²) in [5.74, 6) is 0.444. The second kappa shape index (κ2) is 6.93. The summed E-state index contributed by atoms with van der Waals surface area (Å²) in [5, 5.41) is 3.11. The quantitative estimate of drug-likeness (QED) is 0.777. The van der Waals surface area contributed by atoms with Crippen molar-refractivity contribution in [3.05, 3.63) is 48.0 Å². The summed E-state index contributed by atoms with van der Waals surface area (Å²) in [4.78, 5) is 0. The summed E-state index contributed by atoms with van der Waals surface area (Å²) in [6, 6.07) is 8.24. The maximum absolute atomic E-state index is 12.7. The van der Waals surface area contributed by atoms with Gasteiger partial charge in [-0.2, -0.15) is 13.2 Å². The number of benzene rings is 1. The average molecular weight is 283 g/mol. The Morgan fingerprint density at radius 3 is 2.50 bits per heavy atom. The summed E-state index contributed by atoms with van der Waals surface area (Å²) in [6.45, 7) is 0.639. The van der Waals surface area contributed by atoms with Gasteiger partial charge in [0.15, 0.2) is 0 Å². The molecule has 1 aromatic carbocycles. The molecule has 0 fully saturated rings. The minimum absolute atomic E-state index is 0.444. The Morgan fingerprint density at radius 1 is 1.15 bits per heavy atom. The van der Waals surface area contributed by atoms with E-state index >= 15 is 0 Å². The fourth-order valence-corrected chi connectivity index (χ4v) is 2.58. The van der Waals surface area contributed by atoms with E-state index in [1.54, 1.807) is 24.3 Å². The molecular weight excluding hydrogens is 263 g/mol. The summed E-state index contributed by atoms with van der Waals surface area (Å²) in [5.41, 5.74) is 0.705. The third-order valence-electron chi connectivity index (χ3n) is 3.67. The Hall–Kier alpha value is -1.29. The normalized spacial score (nSPS) is 20.9. The number of alkyl halides is 3. The van der Waals surface area contributed by atoms with Gasteiger partial charge in [0.1, 0.15) is 0 Å². The molecule has 1 N–H and O–H groups in total. The van der Waals surface area contributed by atoms with Crippen LogP contribution < -0.4 is 5.32 Å². The third-order valence-corrected chi connectivity index (χ3v) is 3.67. The van der Waals surface area contributed by atoms with Gasteiger partial charge in [0.2, 0.25) is 0 Å². The lowest BCUT2D eigenvalue weighted by Crippen LogP contribution is -2.31. The van der Waals surface area contributed by atoms with Crippen LogP contribution in [0.15, 0.2) is 42.5 Å². The summed E-state index contributed by atoms with van der Waals surface area (Å²) in [6.07, 6.45) is 2.33. The first-order chi connectivity index (χ1) is 9.54. The molecule has 0 saturated heterocycles. The zero-order chi connectivity index (χ0) is 14.4. The van der Waals surface area contributed by atoms with Gasteiger partial charge in [-0.1, -0.05) is 42.5 Å². The number of rotatable bonds is 5. The Morgan fingerprint density at radius 2 is 1.90 bits per heavy atom. The van der Waals surface area contributed by atoms with E-state index in [4.69, 9.17) is 0 Å². The van der Waals surface area contributed by atoms with Crippen LogP contribution in [0, 0.1) is 5.92 Å². The second-order valence-electron chi connectivity index (χ2n) is 5.34. The van der Waals surface area contributed by atoms with Gasteiger partial charge in [-0.05, 0) is 37.3 Å². The maximum Gasteiger partial charge on any atom is 0.390 e. The van der Waals surface area contributed by atoms with E-state index in [2.05, 4.69) is 17.5 Å². The van der Waals surface area contributed by atoms with Crippen LogP contribution in [0.5, 0.6) is 0 Å². The molecule has 1 nitrogen and oxygen atoms in total. The van der Waals surface area contributed by atoms with Crippen molar-refractivity contribution in [1.82, 2.24) is 5.32 Å². The molecule has 2 unspecified atom stereocenters. The number of allylic oxidation sites excluding steroid dienone is 2. The zero-order valence-electron chi connectivity index (χ0n) is 11.4. The summed E-state index contributed by atoms with van der Waals surface area (Å²) in [7, 11) is 0. The van der Waals surface area contributed by atoms with Crippen molar-refractivity contribution in [2.75, 3.05) is 6.54 Å². The number of nitrogens with one attached hydrogen (secondary N) is 1. The zero-order valence-corrected chi connectivity index (χ0v) is 11.4. The van der Waals surface area contributed by atoms with Gasteiger partial charge in [0.25, 0.3) is 0 Å². The van der Waals surface area contributed by atoms with Crippen molar-refractivity contribution in [2.45, 2.75) is 37.9 Å². The number of halogens is 3.